The number of H-pyrrole nitrogens is 1. The lowest BCUT2D eigenvalue weighted by Crippen LogP contribution is -2.15. The number of aromatic nitrogens is 2. The van der Waals surface area contributed by atoms with Crippen LogP contribution >= 0.6 is 12.4 Å². The summed E-state index contributed by atoms with van der Waals surface area (Å²) in [6.45, 7) is 5.97. The molecule has 0 spiro atoms. The first-order valence-electron chi connectivity index (χ1n) is 8.57. The van der Waals surface area contributed by atoms with Crippen molar-refractivity contribution >= 4 is 12.4 Å². The van der Waals surface area contributed by atoms with Crippen molar-refractivity contribution in [2.45, 2.75) is 39.4 Å². The number of halogens is 1. The Bertz CT molecular complexity index is 903. The second-order valence-electron chi connectivity index (χ2n) is 6.40. The van der Waals surface area contributed by atoms with Crippen LogP contribution in [-0.2, 0) is 6.42 Å². The Labute approximate surface area is 163 Å². The van der Waals surface area contributed by atoms with Crippen molar-refractivity contribution in [3.8, 4) is 23.0 Å². The van der Waals surface area contributed by atoms with Gasteiger partial charge in [-0.3, -0.25) is 4.79 Å². The van der Waals surface area contributed by atoms with Crippen molar-refractivity contribution in [3.05, 3.63) is 64.6 Å². The van der Waals surface area contributed by atoms with Gasteiger partial charge >= 0.3 is 0 Å². The first kappa shape index (κ1) is 20.6. The second kappa shape index (κ2) is 9.28. The predicted octanol–water partition coefficient (Wildman–Crippen LogP) is 4.25. The molecule has 2 heterocycles. The number of benzene rings is 1. The molecule has 0 radical (unpaired) electrons. The van der Waals surface area contributed by atoms with Crippen LogP contribution in [0.15, 0.2) is 58.0 Å². The molecule has 0 aliphatic carbocycles. The van der Waals surface area contributed by atoms with Crippen LogP contribution in [0.4, 0.5) is 0 Å². The van der Waals surface area contributed by atoms with E-state index in [1.165, 1.54) is 6.07 Å². The standard InChI is InChI=1S/C20H22N2O4.ClH/c1-13(2)24-20-11-15(8-9-21-20)10-14(3)25-17-6-4-16(5-7-17)18-12-19(23)22-26-18;/h4-9,11-14H,10H2,1-3H3,(H,22,23);1H. The Kier molecular flexibility index (Phi) is 7.07. The van der Waals surface area contributed by atoms with Crippen LogP contribution in [0.2, 0.25) is 0 Å². The van der Waals surface area contributed by atoms with Crippen molar-refractivity contribution in [1.82, 2.24) is 10.1 Å². The zero-order valence-corrected chi connectivity index (χ0v) is 16.3. The molecular formula is C20H23ClN2O4. The maximum Gasteiger partial charge on any atom is 0.280 e. The van der Waals surface area contributed by atoms with E-state index in [0.717, 1.165) is 23.3 Å². The molecule has 6 nitrogen and oxygen atoms in total. The number of hydrogen-bond donors (Lipinski definition) is 1. The monoisotopic (exact) mass is 390 g/mol. The fraction of sp³-hybridized carbons (Fsp3) is 0.300. The van der Waals surface area contributed by atoms with Gasteiger partial charge < -0.3 is 14.0 Å². The topological polar surface area (TPSA) is 77.4 Å². The first-order valence-corrected chi connectivity index (χ1v) is 8.57. The highest BCUT2D eigenvalue weighted by Crippen LogP contribution is 2.22. The molecule has 0 saturated heterocycles. The van der Waals surface area contributed by atoms with Gasteiger partial charge in [-0.2, -0.15) is 5.16 Å². The lowest BCUT2D eigenvalue weighted by molar-refractivity contribution is 0.220. The molecule has 1 atom stereocenters. The highest BCUT2D eigenvalue weighted by Gasteiger charge is 2.09. The average Bonchev–Trinajstić information content (AvgIpc) is 3.01. The quantitative estimate of drug-likeness (QED) is 0.652. The summed E-state index contributed by atoms with van der Waals surface area (Å²) in [5.74, 6) is 1.89. The summed E-state index contributed by atoms with van der Waals surface area (Å²) in [4.78, 5) is 15.4. The highest BCUT2D eigenvalue weighted by molar-refractivity contribution is 5.85. The van der Waals surface area contributed by atoms with Crippen molar-refractivity contribution in [2.75, 3.05) is 0 Å². The van der Waals surface area contributed by atoms with Crippen LogP contribution in [-0.4, -0.2) is 22.3 Å². The van der Waals surface area contributed by atoms with Gasteiger partial charge in [-0.1, -0.05) is 0 Å². The largest absolute Gasteiger partial charge is 0.490 e. The van der Waals surface area contributed by atoms with Gasteiger partial charge in [0.2, 0.25) is 5.88 Å². The molecule has 0 bridgehead atoms. The van der Waals surface area contributed by atoms with Crippen molar-refractivity contribution < 1.29 is 14.0 Å². The number of aromatic amines is 1. The SMILES string of the molecule is CC(C)Oc1cc(CC(C)Oc2ccc(-c3cc(=O)[nH]o3)cc2)ccn1.Cl. The van der Waals surface area contributed by atoms with E-state index in [-0.39, 0.29) is 30.2 Å². The summed E-state index contributed by atoms with van der Waals surface area (Å²) >= 11 is 0. The van der Waals surface area contributed by atoms with Gasteiger partial charge in [-0.15, -0.1) is 12.4 Å². The van der Waals surface area contributed by atoms with Gasteiger partial charge in [0.1, 0.15) is 5.75 Å². The van der Waals surface area contributed by atoms with Gasteiger partial charge in [0, 0.05) is 24.2 Å². The highest BCUT2D eigenvalue weighted by atomic mass is 35.5. The average molecular weight is 391 g/mol. The van der Waals surface area contributed by atoms with E-state index in [4.69, 9.17) is 14.0 Å². The zero-order chi connectivity index (χ0) is 18.5. The van der Waals surface area contributed by atoms with Crippen LogP contribution in [0.25, 0.3) is 11.3 Å². The number of pyridine rings is 1. The Hall–Kier alpha value is -2.73. The molecule has 1 unspecified atom stereocenters. The van der Waals surface area contributed by atoms with E-state index >= 15 is 0 Å². The van der Waals surface area contributed by atoms with E-state index < -0.39 is 0 Å². The molecule has 0 fully saturated rings. The molecule has 1 aromatic carbocycles. The maximum absolute atomic E-state index is 11.1. The minimum absolute atomic E-state index is 0. The number of nitrogens with one attached hydrogen (secondary N) is 1. The van der Waals surface area contributed by atoms with Crippen LogP contribution in [0, 0.1) is 0 Å². The molecular weight excluding hydrogens is 368 g/mol. The molecule has 0 aliphatic heterocycles. The molecule has 144 valence electrons. The van der Waals surface area contributed by atoms with E-state index in [1.807, 2.05) is 57.2 Å². The minimum atomic E-state index is -0.257. The van der Waals surface area contributed by atoms with Gasteiger partial charge in [0.25, 0.3) is 5.56 Å². The number of nitrogens with zero attached hydrogens (tertiary/aromatic N) is 1. The Morgan fingerprint density at radius 1 is 1.07 bits per heavy atom. The fourth-order valence-corrected chi connectivity index (χ4v) is 2.61. The molecule has 27 heavy (non-hydrogen) atoms. The fourth-order valence-electron chi connectivity index (χ4n) is 2.61. The van der Waals surface area contributed by atoms with Crippen LogP contribution < -0.4 is 15.0 Å². The van der Waals surface area contributed by atoms with Gasteiger partial charge in [-0.25, -0.2) is 4.98 Å². The van der Waals surface area contributed by atoms with E-state index in [9.17, 15) is 4.79 Å². The van der Waals surface area contributed by atoms with Crippen molar-refractivity contribution in [2.24, 2.45) is 0 Å². The minimum Gasteiger partial charge on any atom is -0.490 e. The van der Waals surface area contributed by atoms with Gasteiger partial charge in [0.05, 0.1) is 18.3 Å². The smallest absolute Gasteiger partial charge is 0.280 e. The second-order valence-corrected chi connectivity index (χ2v) is 6.40. The van der Waals surface area contributed by atoms with Crippen LogP contribution in [0.5, 0.6) is 11.6 Å². The molecule has 2 aromatic heterocycles. The normalized spacial score (nSPS) is 11.7. The number of rotatable bonds is 7. The third kappa shape index (κ3) is 5.89. The summed E-state index contributed by atoms with van der Waals surface area (Å²) in [7, 11) is 0. The lowest BCUT2D eigenvalue weighted by atomic mass is 10.1. The summed E-state index contributed by atoms with van der Waals surface area (Å²) in [6.07, 6.45) is 2.57. The summed E-state index contributed by atoms with van der Waals surface area (Å²) < 4.78 is 16.7. The third-order valence-electron chi connectivity index (χ3n) is 3.68. The third-order valence-corrected chi connectivity index (χ3v) is 3.68. The van der Waals surface area contributed by atoms with Gasteiger partial charge in [-0.05, 0) is 56.7 Å². The van der Waals surface area contributed by atoms with Crippen molar-refractivity contribution in [1.29, 1.82) is 0 Å². The van der Waals surface area contributed by atoms with Crippen LogP contribution in [0.3, 0.4) is 0 Å². The van der Waals surface area contributed by atoms with Crippen molar-refractivity contribution in [3.63, 3.8) is 0 Å². The Morgan fingerprint density at radius 2 is 1.81 bits per heavy atom. The molecule has 3 rings (SSSR count). The Balaban J connectivity index is 0.00000261. The summed E-state index contributed by atoms with van der Waals surface area (Å²) in [5, 5.41) is 2.28. The molecule has 1 N–H and O–H groups in total. The molecule has 0 aliphatic rings. The molecule has 0 amide bonds. The maximum atomic E-state index is 11.1. The van der Waals surface area contributed by atoms with E-state index in [1.54, 1.807) is 6.20 Å². The van der Waals surface area contributed by atoms with E-state index in [0.29, 0.717) is 11.6 Å². The summed E-state index contributed by atoms with van der Waals surface area (Å²) in [6, 6.07) is 12.8. The Morgan fingerprint density at radius 3 is 2.44 bits per heavy atom. The number of ether oxygens (including phenoxy) is 2. The van der Waals surface area contributed by atoms with E-state index in [2.05, 4.69) is 10.1 Å². The molecule has 3 aromatic rings. The molecule has 7 heteroatoms. The zero-order valence-electron chi connectivity index (χ0n) is 15.5. The molecule has 0 saturated carbocycles. The lowest BCUT2D eigenvalue weighted by Gasteiger charge is -2.16. The van der Waals surface area contributed by atoms with Gasteiger partial charge in [0.15, 0.2) is 5.76 Å². The first-order chi connectivity index (χ1) is 12.5. The predicted molar refractivity (Wildman–Crippen MR) is 106 cm³/mol. The summed E-state index contributed by atoms with van der Waals surface area (Å²) in [5.41, 5.74) is 1.66. The number of hydrogen-bond acceptors (Lipinski definition) is 5. The van der Waals surface area contributed by atoms with Crippen LogP contribution in [0.1, 0.15) is 26.3 Å².